The first kappa shape index (κ1) is 16.3. The maximum Gasteiger partial charge on any atom is 0.254 e. The summed E-state index contributed by atoms with van der Waals surface area (Å²) < 4.78 is 1.85. The van der Waals surface area contributed by atoms with Gasteiger partial charge in [-0.15, -0.1) is 0 Å². The van der Waals surface area contributed by atoms with Crippen molar-refractivity contribution in [1.82, 2.24) is 19.8 Å². The van der Waals surface area contributed by atoms with Gasteiger partial charge in [-0.2, -0.15) is 0 Å². The molecule has 2 amide bonds. The minimum Gasteiger partial charge on any atom is -0.345 e. The molecule has 4 rings (SSSR count). The molecule has 1 aliphatic heterocycles. The Morgan fingerprint density at radius 1 is 1.12 bits per heavy atom. The van der Waals surface area contributed by atoms with Gasteiger partial charge in [0.1, 0.15) is 6.54 Å². The van der Waals surface area contributed by atoms with Crippen LogP contribution < -0.4 is 5.32 Å². The van der Waals surface area contributed by atoms with Gasteiger partial charge in [-0.05, 0) is 31.2 Å². The Kier molecular flexibility index (Phi) is 3.95. The van der Waals surface area contributed by atoms with Crippen LogP contribution in [-0.4, -0.2) is 44.9 Å². The van der Waals surface area contributed by atoms with E-state index in [0.717, 1.165) is 5.39 Å². The summed E-state index contributed by atoms with van der Waals surface area (Å²) in [6.45, 7) is 3.31. The standard InChI is InChI=1S/C20H20N4O2/c1-20(13-24(14-20)17(25)12-23-10-2-3-11-23)22-19(26)16-8-4-6-15-7-5-9-21-18(15)16/h2-11H,12-14H2,1H3,(H,22,26). The molecule has 26 heavy (non-hydrogen) atoms. The normalized spacial score (nSPS) is 15.5. The Labute approximate surface area is 151 Å². The summed E-state index contributed by atoms with van der Waals surface area (Å²) in [6, 6.07) is 13.2. The summed E-state index contributed by atoms with van der Waals surface area (Å²) in [6.07, 6.45) is 5.42. The molecule has 0 atom stereocenters. The predicted octanol–water partition coefficient (Wildman–Crippen LogP) is 2.07. The van der Waals surface area contributed by atoms with E-state index in [2.05, 4.69) is 10.3 Å². The minimum absolute atomic E-state index is 0.0553. The lowest BCUT2D eigenvalue weighted by Gasteiger charge is -2.48. The summed E-state index contributed by atoms with van der Waals surface area (Å²) in [5.41, 5.74) is 0.831. The zero-order chi connectivity index (χ0) is 18.1. The molecule has 0 spiro atoms. The van der Waals surface area contributed by atoms with Gasteiger partial charge >= 0.3 is 0 Å². The Morgan fingerprint density at radius 2 is 1.85 bits per heavy atom. The third-order valence-electron chi connectivity index (χ3n) is 4.71. The van der Waals surface area contributed by atoms with Crippen LogP contribution in [0, 0.1) is 0 Å². The number of nitrogens with zero attached hydrogens (tertiary/aromatic N) is 3. The molecular formula is C20H20N4O2. The zero-order valence-electron chi connectivity index (χ0n) is 14.6. The van der Waals surface area contributed by atoms with Crippen molar-refractivity contribution in [1.29, 1.82) is 0 Å². The number of carbonyl (C=O) groups is 2. The quantitative estimate of drug-likeness (QED) is 0.785. The molecule has 0 radical (unpaired) electrons. The van der Waals surface area contributed by atoms with Crippen molar-refractivity contribution < 1.29 is 9.59 Å². The molecule has 1 aromatic carbocycles. The van der Waals surface area contributed by atoms with Crippen molar-refractivity contribution in [3.8, 4) is 0 Å². The van der Waals surface area contributed by atoms with E-state index in [-0.39, 0.29) is 11.8 Å². The topological polar surface area (TPSA) is 67.2 Å². The number of pyridine rings is 1. The van der Waals surface area contributed by atoms with Crippen molar-refractivity contribution in [3.05, 3.63) is 66.6 Å². The number of likely N-dealkylation sites (tertiary alicyclic amines) is 1. The fraction of sp³-hybridized carbons (Fsp3) is 0.250. The average Bonchev–Trinajstić information content (AvgIpc) is 3.11. The van der Waals surface area contributed by atoms with Crippen LogP contribution in [0.5, 0.6) is 0 Å². The van der Waals surface area contributed by atoms with E-state index >= 15 is 0 Å². The molecule has 0 bridgehead atoms. The number of rotatable bonds is 4. The second-order valence-corrected chi connectivity index (χ2v) is 7.00. The summed E-state index contributed by atoms with van der Waals surface area (Å²) in [5.74, 6) is -0.103. The Balaban J connectivity index is 1.41. The van der Waals surface area contributed by atoms with Crippen molar-refractivity contribution in [2.45, 2.75) is 19.0 Å². The first-order valence-electron chi connectivity index (χ1n) is 8.59. The van der Waals surface area contributed by atoms with Crippen LogP contribution >= 0.6 is 0 Å². The van der Waals surface area contributed by atoms with Crippen LogP contribution in [0.25, 0.3) is 10.9 Å². The van der Waals surface area contributed by atoms with Gasteiger partial charge in [-0.1, -0.05) is 18.2 Å². The van der Waals surface area contributed by atoms with E-state index in [4.69, 9.17) is 0 Å². The van der Waals surface area contributed by atoms with Gasteiger partial charge in [0.25, 0.3) is 5.91 Å². The third-order valence-corrected chi connectivity index (χ3v) is 4.71. The number of fused-ring (bicyclic) bond motifs is 1. The molecule has 6 nitrogen and oxygen atoms in total. The van der Waals surface area contributed by atoms with Crippen LogP contribution in [0.3, 0.4) is 0 Å². The second kappa shape index (κ2) is 6.29. The molecule has 0 saturated carbocycles. The molecular weight excluding hydrogens is 328 g/mol. The van der Waals surface area contributed by atoms with Crippen molar-refractivity contribution >= 4 is 22.7 Å². The summed E-state index contributed by atoms with van der Waals surface area (Å²) in [5, 5.41) is 4.00. The SMILES string of the molecule is CC1(NC(=O)c2cccc3cccnc23)CN(C(=O)Cn2cccc2)C1. The summed E-state index contributed by atoms with van der Waals surface area (Å²) >= 11 is 0. The number of amides is 2. The van der Waals surface area contributed by atoms with Gasteiger partial charge in [0.2, 0.25) is 5.91 Å². The fourth-order valence-corrected chi connectivity index (χ4v) is 3.41. The Morgan fingerprint density at radius 3 is 2.62 bits per heavy atom. The van der Waals surface area contributed by atoms with Gasteiger partial charge in [-0.3, -0.25) is 14.6 Å². The first-order chi connectivity index (χ1) is 12.5. The lowest BCUT2D eigenvalue weighted by molar-refractivity contribution is -0.139. The maximum atomic E-state index is 12.7. The second-order valence-electron chi connectivity index (χ2n) is 7.00. The van der Waals surface area contributed by atoms with Crippen LogP contribution in [0.2, 0.25) is 0 Å². The fourth-order valence-electron chi connectivity index (χ4n) is 3.41. The van der Waals surface area contributed by atoms with Gasteiger partial charge in [0.15, 0.2) is 0 Å². The summed E-state index contributed by atoms with van der Waals surface area (Å²) in [4.78, 5) is 31.1. The van der Waals surface area contributed by atoms with Crippen LogP contribution in [0.4, 0.5) is 0 Å². The lowest BCUT2D eigenvalue weighted by Crippen LogP contribution is -2.70. The van der Waals surface area contributed by atoms with Gasteiger partial charge in [0.05, 0.1) is 16.6 Å². The number of nitrogens with one attached hydrogen (secondary N) is 1. The van der Waals surface area contributed by atoms with Crippen LogP contribution in [0.1, 0.15) is 17.3 Å². The molecule has 1 N–H and O–H groups in total. The molecule has 6 heteroatoms. The van der Waals surface area contributed by atoms with Crippen LogP contribution in [0.15, 0.2) is 61.1 Å². The minimum atomic E-state index is -0.416. The van der Waals surface area contributed by atoms with Gasteiger partial charge in [0, 0.05) is 37.1 Å². The highest BCUT2D eigenvalue weighted by Crippen LogP contribution is 2.23. The Hall–Kier alpha value is -3.15. The number of hydrogen-bond donors (Lipinski definition) is 1. The molecule has 0 unspecified atom stereocenters. The smallest absolute Gasteiger partial charge is 0.254 e. The highest BCUT2D eigenvalue weighted by Gasteiger charge is 2.42. The zero-order valence-corrected chi connectivity index (χ0v) is 14.6. The Bertz CT molecular complexity index is 954. The van der Waals surface area contributed by atoms with Gasteiger partial charge in [-0.25, -0.2) is 0 Å². The van der Waals surface area contributed by atoms with E-state index < -0.39 is 5.54 Å². The molecule has 3 heterocycles. The molecule has 1 aliphatic rings. The molecule has 0 aliphatic carbocycles. The van der Waals surface area contributed by atoms with Crippen molar-refractivity contribution in [2.24, 2.45) is 0 Å². The molecule has 1 fully saturated rings. The third kappa shape index (κ3) is 3.06. The molecule has 1 saturated heterocycles. The number of para-hydroxylation sites is 1. The van der Waals surface area contributed by atoms with Crippen molar-refractivity contribution in [2.75, 3.05) is 13.1 Å². The van der Waals surface area contributed by atoms with E-state index in [9.17, 15) is 9.59 Å². The first-order valence-corrected chi connectivity index (χ1v) is 8.59. The van der Waals surface area contributed by atoms with Crippen LogP contribution in [-0.2, 0) is 11.3 Å². The van der Waals surface area contributed by atoms with E-state index in [1.165, 1.54) is 0 Å². The van der Waals surface area contributed by atoms with E-state index in [1.807, 2.05) is 60.3 Å². The largest absolute Gasteiger partial charge is 0.345 e. The molecule has 3 aromatic rings. The number of aromatic nitrogens is 2. The highest BCUT2D eigenvalue weighted by atomic mass is 16.2. The average molecular weight is 348 g/mol. The van der Waals surface area contributed by atoms with E-state index in [1.54, 1.807) is 17.2 Å². The summed E-state index contributed by atoms with van der Waals surface area (Å²) in [7, 11) is 0. The highest BCUT2D eigenvalue weighted by molar-refractivity contribution is 6.05. The van der Waals surface area contributed by atoms with Crippen molar-refractivity contribution in [3.63, 3.8) is 0 Å². The molecule has 2 aromatic heterocycles. The maximum absolute atomic E-state index is 12.7. The molecule has 132 valence electrons. The monoisotopic (exact) mass is 348 g/mol. The lowest BCUT2D eigenvalue weighted by atomic mass is 9.91. The predicted molar refractivity (Wildman–Crippen MR) is 98.6 cm³/mol. The number of hydrogen-bond acceptors (Lipinski definition) is 3. The number of benzene rings is 1. The number of carbonyl (C=O) groups excluding carboxylic acids is 2. The van der Waals surface area contributed by atoms with E-state index in [0.29, 0.717) is 30.7 Å². The van der Waals surface area contributed by atoms with Gasteiger partial charge < -0.3 is 14.8 Å².